The quantitative estimate of drug-likeness (QED) is 0.785. The van der Waals surface area contributed by atoms with Crippen molar-refractivity contribution in [3.05, 3.63) is 51.0 Å². The summed E-state index contributed by atoms with van der Waals surface area (Å²) in [5, 5.41) is 2.87. The number of nitrogens with zero attached hydrogens (tertiary/aromatic N) is 3. The summed E-state index contributed by atoms with van der Waals surface area (Å²) >= 11 is 9.32. The highest BCUT2D eigenvalue weighted by molar-refractivity contribution is 9.10. The van der Waals surface area contributed by atoms with Crippen molar-refractivity contribution < 1.29 is 13.9 Å². The fourth-order valence-corrected chi connectivity index (χ4v) is 3.14. The minimum Gasteiger partial charge on any atom is -0.378 e. The zero-order chi connectivity index (χ0) is 18.7. The van der Waals surface area contributed by atoms with Crippen LogP contribution < -0.4 is 10.2 Å². The number of hydrogen-bond acceptors (Lipinski definition) is 5. The molecule has 0 bridgehead atoms. The molecule has 138 valence electrons. The van der Waals surface area contributed by atoms with Crippen molar-refractivity contribution in [1.29, 1.82) is 0 Å². The van der Waals surface area contributed by atoms with Crippen LogP contribution in [0.1, 0.15) is 29.0 Å². The van der Waals surface area contributed by atoms with Crippen LogP contribution in [-0.4, -0.2) is 42.2 Å². The number of carbonyl (C=O) groups excluding carboxylic acids is 1. The molecule has 2 aromatic rings. The summed E-state index contributed by atoms with van der Waals surface area (Å²) in [6.07, 6.45) is 1.40. The van der Waals surface area contributed by atoms with Crippen LogP contribution in [0.3, 0.4) is 0 Å². The number of ether oxygens (including phenoxy) is 1. The third-order valence-corrected chi connectivity index (χ3v) is 4.79. The second-order valence-corrected chi connectivity index (χ2v) is 7.15. The summed E-state index contributed by atoms with van der Waals surface area (Å²) in [4.78, 5) is 23.0. The number of hydrogen-bond donors (Lipinski definition) is 1. The molecule has 1 amide bonds. The van der Waals surface area contributed by atoms with Crippen LogP contribution in [0.15, 0.2) is 28.9 Å². The number of halogens is 3. The molecule has 1 saturated heterocycles. The summed E-state index contributed by atoms with van der Waals surface area (Å²) < 4.78 is 20.0. The lowest BCUT2D eigenvalue weighted by atomic mass is 10.1. The number of anilines is 1. The van der Waals surface area contributed by atoms with Gasteiger partial charge >= 0.3 is 0 Å². The molecule has 1 atom stereocenters. The first-order valence-electron chi connectivity index (χ1n) is 8.06. The number of benzene rings is 1. The molecular weight excluding hydrogens is 427 g/mol. The van der Waals surface area contributed by atoms with Crippen molar-refractivity contribution in [3.8, 4) is 0 Å². The Morgan fingerprint density at radius 3 is 2.85 bits per heavy atom. The highest BCUT2D eigenvalue weighted by atomic mass is 79.9. The van der Waals surface area contributed by atoms with Gasteiger partial charge in [0.05, 0.1) is 30.5 Å². The first-order valence-corrected chi connectivity index (χ1v) is 9.24. The number of amides is 1. The molecule has 9 heteroatoms. The first-order chi connectivity index (χ1) is 12.5. The molecule has 1 fully saturated rings. The van der Waals surface area contributed by atoms with Gasteiger partial charge in [0.1, 0.15) is 5.82 Å². The Hall–Kier alpha value is -1.77. The average molecular weight is 444 g/mol. The zero-order valence-corrected chi connectivity index (χ0v) is 16.3. The van der Waals surface area contributed by atoms with Crippen LogP contribution in [0.2, 0.25) is 5.02 Å². The second kappa shape index (κ2) is 8.28. The van der Waals surface area contributed by atoms with E-state index in [-0.39, 0.29) is 10.7 Å². The van der Waals surface area contributed by atoms with Crippen LogP contribution in [-0.2, 0) is 4.74 Å². The molecule has 1 aliphatic heterocycles. The maximum Gasteiger partial charge on any atom is 0.272 e. The Bertz CT molecular complexity index is 817. The Morgan fingerprint density at radius 1 is 1.42 bits per heavy atom. The van der Waals surface area contributed by atoms with E-state index >= 15 is 0 Å². The van der Waals surface area contributed by atoms with E-state index in [1.54, 1.807) is 19.1 Å². The first kappa shape index (κ1) is 19.0. The molecule has 2 heterocycles. The van der Waals surface area contributed by atoms with Gasteiger partial charge < -0.3 is 15.0 Å². The van der Waals surface area contributed by atoms with E-state index in [9.17, 15) is 9.18 Å². The Kier molecular flexibility index (Phi) is 6.05. The largest absolute Gasteiger partial charge is 0.378 e. The topological polar surface area (TPSA) is 67.4 Å². The molecule has 26 heavy (non-hydrogen) atoms. The van der Waals surface area contributed by atoms with Crippen LogP contribution in [0.5, 0.6) is 0 Å². The van der Waals surface area contributed by atoms with Crippen molar-refractivity contribution in [2.24, 2.45) is 0 Å². The van der Waals surface area contributed by atoms with Crippen LogP contribution in [0.25, 0.3) is 0 Å². The van der Waals surface area contributed by atoms with Gasteiger partial charge in [-0.1, -0.05) is 33.6 Å². The molecule has 0 radical (unpaired) electrons. The lowest BCUT2D eigenvalue weighted by Crippen LogP contribution is -2.38. The summed E-state index contributed by atoms with van der Waals surface area (Å²) in [6.45, 7) is 4.13. The lowest BCUT2D eigenvalue weighted by Gasteiger charge is -2.27. The zero-order valence-electron chi connectivity index (χ0n) is 14.0. The fraction of sp³-hybridized carbons (Fsp3) is 0.353. The van der Waals surface area contributed by atoms with Crippen LogP contribution in [0.4, 0.5) is 10.3 Å². The summed E-state index contributed by atoms with van der Waals surface area (Å²) in [5.41, 5.74) is 0.438. The van der Waals surface area contributed by atoms with Gasteiger partial charge in [-0.3, -0.25) is 4.79 Å². The number of carbonyl (C=O) groups is 1. The maximum absolute atomic E-state index is 14.1. The fourth-order valence-electron chi connectivity index (χ4n) is 2.63. The Labute approximate surface area is 163 Å². The highest BCUT2D eigenvalue weighted by Crippen LogP contribution is 2.22. The van der Waals surface area contributed by atoms with Gasteiger partial charge in [0, 0.05) is 23.1 Å². The van der Waals surface area contributed by atoms with Crippen LogP contribution in [0, 0.1) is 5.82 Å². The number of nitrogens with one attached hydrogen (secondary N) is 1. The van der Waals surface area contributed by atoms with Gasteiger partial charge in [-0.25, -0.2) is 14.4 Å². The molecular formula is C17H17BrClFN4O2. The average Bonchev–Trinajstić information content (AvgIpc) is 2.62. The third-order valence-electron chi connectivity index (χ3n) is 4.02. The summed E-state index contributed by atoms with van der Waals surface area (Å²) in [6, 6.07) is 4.14. The molecule has 1 aliphatic rings. The summed E-state index contributed by atoms with van der Waals surface area (Å²) in [5.74, 6) is -0.470. The Morgan fingerprint density at radius 2 is 2.15 bits per heavy atom. The third kappa shape index (κ3) is 4.31. The van der Waals surface area contributed by atoms with Gasteiger partial charge in [-0.2, -0.15) is 0 Å². The Balaban J connectivity index is 1.78. The molecule has 1 N–H and O–H groups in total. The van der Waals surface area contributed by atoms with Crippen molar-refractivity contribution >= 4 is 39.4 Å². The molecule has 0 saturated carbocycles. The molecule has 1 aromatic carbocycles. The minimum atomic E-state index is -0.548. The van der Waals surface area contributed by atoms with Crippen molar-refractivity contribution in [2.45, 2.75) is 13.0 Å². The number of morpholine rings is 1. The number of rotatable bonds is 4. The molecule has 1 aromatic heterocycles. The van der Waals surface area contributed by atoms with E-state index in [2.05, 4.69) is 31.2 Å². The smallest absolute Gasteiger partial charge is 0.272 e. The maximum atomic E-state index is 14.1. The predicted molar refractivity (Wildman–Crippen MR) is 100 cm³/mol. The minimum absolute atomic E-state index is 0.0625. The number of aromatic nitrogens is 2. The summed E-state index contributed by atoms with van der Waals surface area (Å²) in [7, 11) is 0. The van der Waals surface area contributed by atoms with E-state index in [1.165, 1.54) is 12.3 Å². The molecule has 0 spiro atoms. The monoisotopic (exact) mass is 442 g/mol. The van der Waals surface area contributed by atoms with E-state index in [0.29, 0.717) is 42.3 Å². The molecule has 0 aliphatic carbocycles. The van der Waals surface area contributed by atoms with Gasteiger partial charge in [0.15, 0.2) is 5.69 Å². The predicted octanol–water partition coefficient (Wildman–Crippen LogP) is 3.36. The van der Waals surface area contributed by atoms with E-state index in [0.717, 1.165) is 0 Å². The van der Waals surface area contributed by atoms with Gasteiger partial charge in [-0.05, 0) is 19.1 Å². The van der Waals surface area contributed by atoms with Crippen LogP contribution >= 0.6 is 27.5 Å². The molecule has 0 unspecified atom stereocenters. The standard InChI is InChI=1S/C17H17BrClFN4O2/c1-10(12-3-2-11(18)8-14(12)20)22-16(25)15-13(19)9-21-17(23-15)24-4-6-26-7-5-24/h2-3,8-10H,4-7H2,1H3,(H,22,25)/t10-/m1/s1. The van der Waals surface area contributed by atoms with Gasteiger partial charge in [-0.15, -0.1) is 0 Å². The van der Waals surface area contributed by atoms with E-state index < -0.39 is 17.8 Å². The SMILES string of the molecule is C[C@@H](NC(=O)c1nc(N2CCOCC2)ncc1Cl)c1ccc(Br)cc1F. The molecule has 3 rings (SSSR count). The molecule has 6 nitrogen and oxygen atoms in total. The highest BCUT2D eigenvalue weighted by Gasteiger charge is 2.21. The van der Waals surface area contributed by atoms with E-state index in [4.69, 9.17) is 16.3 Å². The van der Waals surface area contributed by atoms with Crippen molar-refractivity contribution in [3.63, 3.8) is 0 Å². The second-order valence-electron chi connectivity index (χ2n) is 5.83. The van der Waals surface area contributed by atoms with Gasteiger partial charge in [0.25, 0.3) is 5.91 Å². The normalized spacial score (nSPS) is 15.6. The van der Waals surface area contributed by atoms with E-state index in [1.807, 2.05) is 4.90 Å². The van der Waals surface area contributed by atoms with Crippen molar-refractivity contribution in [1.82, 2.24) is 15.3 Å². The van der Waals surface area contributed by atoms with Gasteiger partial charge in [0.2, 0.25) is 5.95 Å². The lowest BCUT2D eigenvalue weighted by molar-refractivity contribution is 0.0934. The van der Waals surface area contributed by atoms with Crippen molar-refractivity contribution in [2.75, 3.05) is 31.2 Å².